The normalized spacial score (nSPS) is 13.8. The highest BCUT2D eigenvalue weighted by Gasteiger charge is 2.30. The van der Waals surface area contributed by atoms with Gasteiger partial charge in [-0.05, 0) is 47.7 Å². The third-order valence-corrected chi connectivity index (χ3v) is 6.95. The van der Waals surface area contributed by atoms with E-state index in [0.29, 0.717) is 68.3 Å². The van der Waals surface area contributed by atoms with Crippen LogP contribution in [0.3, 0.4) is 0 Å². The SMILES string of the molecule is CCCC(=O)N1Cc2cc(OC)c(OCCCOc3c(OC)cc4c(c3F)CN(C(=O)CCC)C4)cc2C1. The van der Waals surface area contributed by atoms with Crippen molar-refractivity contribution in [2.75, 3.05) is 27.4 Å². The van der Waals surface area contributed by atoms with Crippen LogP contribution in [0.2, 0.25) is 0 Å². The number of nitrogens with zero attached hydrogens (tertiary/aromatic N) is 2. The van der Waals surface area contributed by atoms with E-state index >= 15 is 4.39 Å². The molecular formula is C29H37FN2O6. The van der Waals surface area contributed by atoms with Crippen LogP contribution in [0.25, 0.3) is 0 Å². The Hall–Kier alpha value is -3.49. The summed E-state index contributed by atoms with van der Waals surface area (Å²) in [6.07, 6.45) is 3.06. The van der Waals surface area contributed by atoms with Gasteiger partial charge in [0, 0.05) is 51.0 Å². The summed E-state index contributed by atoms with van der Waals surface area (Å²) in [6.45, 7) is 6.27. The molecule has 0 saturated heterocycles. The van der Waals surface area contributed by atoms with E-state index in [4.69, 9.17) is 18.9 Å². The molecule has 0 spiro atoms. The smallest absolute Gasteiger partial charge is 0.223 e. The highest BCUT2D eigenvalue weighted by atomic mass is 19.1. The van der Waals surface area contributed by atoms with Crippen molar-refractivity contribution < 1.29 is 32.9 Å². The molecule has 2 aliphatic heterocycles. The van der Waals surface area contributed by atoms with Gasteiger partial charge in [-0.2, -0.15) is 0 Å². The predicted octanol–water partition coefficient (Wildman–Crippen LogP) is 4.98. The lowest BCUT2D eigenvalue weighted by atomic mass is 10.1. The molecule has 0 aliphatic carbocycles. The van der Waals surface area contributed by atoms with Gasteiger partial charge in [-0.3, -0.25) is 9.59 Å². The highest BCUT2D eigenvalue weighted by molar-refractivity contribution is 5.77. The minimum absolute atomic E-state index is 0.0175. The van der Waals surface area contributed by atoms with Gasteiger partial charge in [0.15, 0.2) is 28.8 Å². The van der Waals surface area contributed by atoms with Crippen LogP contribution < -0.4 is 18.9 Å². The third-order valence-electron chi connectivity index (χ3n) is 6.95. The molecule has 2 aromatic carbocycles. The molecular weight excluding hydrogens is 491 g/mol. The van der Waals surface area contributed by atoms with Gasteiger partial charge in [-0.15, -0.1) is 0 Å². The van der Waals surface area contributed by atoms with Gasteiger partial charge in [0.1, 0.15) is 0 Å². The molecule has 2 heterocycles. The van der Waals surface area contributed by atoms with Crippen molar-refractivity contribution in [2.45, 2.75) is 72.1 Å². The zero-order valence-electron chi connectivity index (χ0n) is 22.7. The first-order valence-corrected chi connectivity index (χ1v) is 13.3. The molecule has 0 aromatic heterocycles. The fourth-order valence-corrected chi connectivity index (χ4v) is 4.94. The average molecular weight is 529 g/mol. The molecule has 0 atom stereocenters. The summed E-state index contributed by atoms with van der Waals surface area (Å²) >= 11 is 0. The first-order chi connectivity index (χ1) is 18.4. The molecule has 0 saturated carbocycles. The number of ether oxygens (including phenoxy) is 4. The Morgan fingerprint density at radius 3 is 1.89 bits per heavy atom. The number of carbonyl (C=O) groups excluding carboxylic acids is 2. The lowest BCUT2D eigenvalue weighted by molar-refractivity contribution is -0.132. The minimum atomic E-state index is -0.477. The number of methoxy groups -OCH3 is 2. The van der Waals surface area contributed by atoms with Crippen molar-refractivity contribution in [2.24, 2.45) is 0 Å². The summed E-state index contributed by atoms with van der Waals surface area (Å²) in [6, 6.07) is 5.62. The monoisotopic (exact) mass is 528 g/mol. The Morgan fingerprint density at radius 1 is 0.763 bits per heavy atom. The quantitative estimate of drug-likeness (QED) is 0.362. The van der Waals surface area contributed by atoms with E-state index in [-0.39, 0.29) is 30.7 Å². The topological polar surface area (TPSA) is 77.5 Å². The van der Waals surface area contributed by atoms with Crippen LogP contribution in [0, 0.1) is 5.82 Å². The highest BCUT2D eigenvalue weighted by Crippen LogP contribution is 2.39. The lowest BCUT2D eigenvalue weighted by Gasteiger charge is -2.15. The van der Waals surface area contributed by atoms with Gasteiger partial charge in [0.05, 0.1) is 27.4 Å². The number of hydrogen-bond donors (Lipinski definition) is 0. The molecule has 0 fully saturated rings. The second-order valence-corrected chi connectivity index (χ2v) is 9.68. The molecule has 206 valence electrons. The van der Waals surface area contributed by atoms with Crippen LogP contribution in [0.4, 0.5) is 4.39 Å². The van der Waals surface area contributed by atoms with Gasteiger partial charge in [-0.1, -0.05) is 13.8 Å². The van der Waals surface area contributed by atoms with Crippen molar-refractivity contribution in [3.63, 3.8) is 0 Å². The van der Waals surface area contributed by atoms with Crippen LogP contribution in [0.15, 0.2) is 18.2 Å². The lowest BCUT2D eigenvalue weighted by Crippen LogP contribution is -2.24. The zero-order valence-corrected chi connectivity index (χ0v) is 22.7. The fraction of sp³-hybridized carbons (Fsp3) is 0.517. The molecule has 2 aromatic rings. The summed E-state index contributed by atoms with van der Waals surface area (Å²) in [5.41, 5.74) is 3.35. The van der Waals surface area contributed by atoms with Gasteiger partial charge in [0.2, 0.25) is 11.8 Å². The number of carbonyl (C=O) groups is 2. The van der Waals surface area contributed by atoms with Gasteiger partial charge in [-0.25, -0.2) is 4.39 Å². The number of amides is 2. The van der Waals surface area contributed by atoms with Crippen LogP contribution in [0.5, 0.6) is 23.0 Å². The Morgan fingerprint density at radius 2 is 1.29 bits per heavy atom. The van der Waals surface area contributed by atoms with Gasteiger partial charge >= 0.3 is 0 Å². The largest absolute Gasteiger partial charge is 0.493 e. The van der Waals surface area contributed by atoms with Crippen molar-refractivity contribution in [3.8, 4) is 23.0 Å². The van der Waals surface area contributed by atoms with E-state index in [1.54, 1.807) is 18.1 Å². The van der Waals surface area contributed by atoms with E-state index in [0.717, 1.165) is 29.5 Å². The van der Waals surface area contributed by atoms with Crippen LogP contribution in [0.1, 0.15) is 68.2 Å². The molecule has 38 heavy (non-hydrogen) atoms. The molecule has 0 N–H and O–H groups in total. The maximum absolute atomic E-state index is 15.4. The summed E-state index contributed by atoms with van der Waals surface area (Å²) in [4.78, 5) is 28.1. The Kier molecular flexibility index (Phi) is 8.97. The van der Waals surface area contributed by atoms with E-state index < -0.39 is 5.82 Å². The maximum atomic E-state index is 15.4. The van der Waals surface area contributed by atoms with Crippen LogP contribution in [-0.2, 0) is 35.8 Å². The average Bonchev–Trinajstić information content (AvgIpc) is 3.53. The van der Waals surface area contributed by atoms with Crippen LogP contribution in [-0.4, -0.2) is 49.0 Å². The molecule has 0 bridgehead atoms. The van der Waals surface area contributed by atoms with Crippen molar-refractivity contribution >= 4 is 11.8 Å². The Labute approximate surface area is 223 Å². The molecule has 8 nitrogen and oxygen atoms in total. The molecule has 2 amide bonds. The van der Waals surface area contributed by atoms with E-state index in [1.807, 2.05) is 30.9 Å². The van der Waals surface area contributed by atoms with E-state index in [9.17, 15) is 9.59 Å². The Bertz CT molecular complexity index is 1180. The maximum Gasteiger partial charge on any atom is 0.223 e. The number of hydrogen-bond acceptors (Lipinski definition) is 6. The molecule has 9 heteroatoms. The molecule has 0 radical (unpaired) electrons. The summed E-state index contributed by atoms with van der Waals surface area (Å²) < 4.78 is 38.0. The first-order valence-electron chi connectivity index (χ1n) is 13.3. The number of fused-ring (bicyclic) bond motifs is 2. The number of rotatable bonds is 12. The summed E-state index contributed by atoms with van der Waals surface area (Å²) in [5.74, 6) is 1.28. The standard InChI is InChI=1S/C29H37FN2O6/c1-5-8-26(33)31-15-19-12-23(35-3)24(13-20(19)16-31)37-10-7-11-38-29-25(36-4)14-21-17-32(27(34)9-6-2)18-22(21)28(29)30/h12-14H,5-11,15-18H2,1-4H3. The molecule has 0 unspecified atom stereocenters. The minimum Gasteiger partial charge on any atom is -0.493 e. The van der Waals surface area contributed by atoms with Crippen molar-refractivity contribution in [1.29, 1.82) is 0 Å². The van der Waals surface area contributed by atoms with Gasteiger partial charge < -0.3 is 28.7 Å². The Balaban J connectivity index is 1.34. The number of halogens is 1. The molecule has 4 rings (SSSR count). The predicted molar refractivity (Wildman–Crippen MR) is 140 cm³/mol. The summed E-state index contributed by atoms with van der Waals surface area (Å²) in [7, 11) is 3.07. The van der Waals surface area contributed by atoms with Gasteiger partial charge in [0.25, 0.3) is 0 Å². The van der Waals surface area contributed by atoms with Crippen molar-refractivity contribution in [1.82, 2.24) is 9.80 Å². The third kappa shape index (κ3) is 5.81. The number of benzene rings is 2. The second-order valence-electron chi connectivity index (χ2n) is 9.68. The van der Waals surface area contributed by atoms with Crippen LogP contribution >= 0.6 is 0 Å². The zero-order chi connectivity index (χ0) is 27.2. The van der Waals surface area contributed by atoms with E-state index in [1.165, 1.54) is 7.11 Å². The molecule has 2 aliphatic rings. The van der Waals surface area contributed by atoms with E-state index in [2.05, 4.69) is 0 Å². The first kappa shape index (κ1) is 27.5. The van der Waals surface area contributed by atoms with Crippen molar-refractivity contribution in [3.05, 3.63) is 46.3 Å². The summed E-state index contributed by atoms with van der Waals surface area (Å²) in [5, 5.41) is 0. The fourth-order valence-electron chi connectivity index (χ4n) is 4.94. The second kappa shape index (κ2) is 12.4.